The van der Waals surface area contributed by atoms with Crippen LogP contribution in [0.1, 0.15) is 63.1 Å². The molecule has 1 aromatic rings. The van der Waals surface area contributed by atoms with Crippen LogP contribution in [0.2, 0.25) is 0 Å². The molecule has 5 heteroatoms. The molecule has 0 radical (unpaired) electrons. The second kappa shape index (κ2) is 4.63. The highest BCUT2D eigenvalue weighted by Crippen LogP contribution is 2.35. The third-order valence-corrected chi connectivity index (χ3v) is 4.18. The average molecular weight is 251 g/mol. The lowest BCUT2D eigenvalue weighted by molar-refractivity contribution is 0.122. The van der Waals surface area contributed by atoms with Crippen molar-refractivity contribution in [2.24, 2.45) is 5.73 Å². The topological polar surface area (TPSA) is 74.2 Å². The molecule has 100 valence electrons. The number of nitrogens with zero attached hydrogens (tertiary/aromatic N) is 2. The van der Waals surface area contributed by atoms with E-state index >= 15 is 0 Å². The molecule has 2 N–H and O–H groups in total. The Morgan fingerprint density at radius 3 is 2.72 bits per heavy atom. The molecule has 3 rings (SSSR count). The zero-order chi connectivity index (χ0) is 12.6. The fourth-order valence-corrected chi connectivity index (χ4v) is 3.00. The minimum absolute atomic E-state index is 0.244. The molecule has 1 aromatic heterocycles. The molecular formula is C13H21N3O2. The second-order valence-corrected chi connectivity index (χ2v) is 5.75. The first-order chi connectivity index (χ1) is 8.67. The van der Waals surface area contributed by atoms with E-state index in [-0.39, 0.29) is 17.6 Å². The second-order valence-electron chi connectivity index (χ2n) is 5.75. The zero-order valence-electron chi connectivity index (χ0n) is 10.9. The average Bonchev–Trinajstić information content (AvgIpc) is 2.98. The van der Waals surface area contributed by atoms with Crippen molar-refractivity contribution in [3.8, 4) is 0 Å². The summed E-state index contributed by atoms with van der Waals surface area (Å²) in [6.07, 6.45) is 6.74. The number of ether oxygens (including phenoxy) is 1. The molecule has 2 unspecified atom stereocenters. The van der Waals surface area contributed by atoms with E-state index in [0.717, 1.165) is 32.1 Å². The molecule has 1 saturated heterocycles. The van der Waals surface area contributed by atoms with Gasteiger partial charge in [0.1, 0.15) is 0 Å². The van der Waals surface area contributed by atoms with Gasteiger partial charge in [0.25, 0.3) is 0 Å². The monoisotopic (exact) mass is 251 g/mol. The largest absolute Gasteiger partial charge is 0.378 e. The first-order valence-corrected chi connectivity index (χ1v) is 6.92. The molecule has 1 aliphatic carbocycles. The number of hydrogen-bond acceptors (Lipinski definition) is 5. The van der Waals surface area contributed by atoms with Crippen LogP contribution >= 0.6 is 0 Å². The summed E-state index contributed by atoms with van der Waals surface area (Å²) in [5.74, 6) is 1.63. The maximum absolute atomic E-state index is 6.40. The van der Waals surface area contributed by atoms with Crippen LogP contribution < -0.4 is 5.73 Å². The smallest absolute Gasteiger partial charge is 0.232 e. The van der Waals surface area contributed by atoms with Gasteiger partial charge in [-0.1, -0.05) is 24.4 Å². The summed E-state index contributed by atoms with van der Waals surface area (Å²) < 4.78 is 10.9. The third kappa shape index (κ3) is 2.17. The number of hydrogen-bond donors (Lipinski definition) is 1. The summed E-state index contributed by atoms with van der Waals surface area (Å²) in [7, 11) is 0. The predicted octanol–water partition coefficient (Wildman–Crippen LogP) is 2.08. The lowest BCUT2D eigenvalue weighted by atomic mass is 9.82. The van der Waals surface area contributed by atoms with Crippen molar-refractivity contribution in [2.75, 3.05) is 6.61 Å². The van der Waals surface area contributed by atoms with Gasteiger partial charge in [-0.3, -0.25) is 0 Å². The van der Waals surface area contributed by atoms with Crippen LogP contribution in [0.25, 0.3) is 0 Å². The van der Waals surface area contributed by atoms with Crippen molar-refractivity contribution in [3.05, 3.63) is 11.7 Å². The summed E-state index contributed by atoms with van der Waals surface area (Å²) in [5, 5.41) is 4.11. The van der Waals surface area contributed by atoms with Crippen LogP contribution in [-0.4, -0.2) is 22.9 Å². The summed E-state index contributed by atoms with van der Waals surface area (Å²) in [5.41, 5.74) is 6.03. The van der Waals surface area contributed by atoms with E-state index in [2.05, 4.69) is 17.1 Å². The van der Waals surface area contributed by atoms with Gasteiger partial charge >= 0.3 is 0 Å². The Balaban J connectivity index is 1.76. The summed E-state index contributed by atoms with van der Waals surface area (Å²) >= 11 is 0. The Morgan fingerprint density at radius 2 is 2.06 bits per heavy atom. The van der Waals surface area contributed by atoms with Crippen LogP contribution in [0.4, 0.5) is 0 Å². The standard InChI is InChI=1S/C13H21N3O2/c1-9-7-10(8-17-9)11-15-12(16-18-11)13(14)5-3-2-4-6-13/h9-10H,2-8,14H2,1H3. The highest BCUT2D eigenvalue weighted by atomic mass is 16.5. The molecule has 0 aromatic carbocycles. The quantitative estimate of drug-likeness (QED) is 0.871. The SMILES string of the molecule is CC1CC(c2nc(C3(N)CCCCC3)no2)CO1. The van der Waals surface area contributed by atoms with Crippen molar-refractivity contribution in [1.29, 1.82) is 0 Å². The van der Waals surface area contributed by atoms with Crippen molar-refractivity contribution in [2.45, 2.75) is 63.0 Å². The first-order valence-electron chi connectivity index (χ1n) is 6.92. The van der Waals surface area contributed by atoms with Gasteiger partial charge in [0.15, 0.2) is 5.82 Å². The number of nitrogens with two attached hydrogens (primary N) is 1. The van der Waals surface area contributed by atoms with Gasteiger partial charge in [-0.25, -0.2) is 0 Å². The van der Waals surface area contributed by atoms with Crippen LogP contribution in [0.5, 0.6) is 0 Å². The Bertz CT molecular complexity index is 412. The summed E-state index contributed by atoms with van der Waals surface area (Å²) in [6, 6.07) is 0. The Kier molecular flexibility index (Phi) is 3.11. The molecule has 0 amide bonds. The lowest BCUT2D eigenvalue weighted by Crippen LogP contribution is -2.39. The lowest BCUT2D eigenvalue weighted by Gasteiger charge is -2.29. The van der Waals surface area contributed by atoms with Crippen molar-refractivity contribution in [3.63, 3.8) is 0 Å². The number of rotatable bonds is 2. The van der Waals surface area contributed by atoms with Crippen LogP contribution in [0, 0.1) is 0 Å². The van der Waals surface area contributed by atoms with E-state index in [1.54, 1.807) is 0 Å². The minimum Gasteiger partial charge on any atom is -0.378 e. The van der Waals surface area contributed by atoms with Gasteiger partial charge in [0.05, 0.1) is 24.2 Å². The molecule has 0 bridgehead atoms. The normalized spacial score (nSPS) is 31.7. The molecule has 2 heterocycles. The van der Waals surface area contributed by atoms with Crippen LogP contribution in [0.3, 0.4) is 0 Å². The fourth-order valence-electron chi connectivity index (χ4n) is 3.00. The molecule has 2 aliphatic rings. The van der Waals surface area contributed by atoms with Crippen molar-refractivity contribution < 1.29 is 9.26 Å². The maximum atomic E-state index is 6.40. The minimum atomic E-state index is -0.370. The van der Waals surface area contributed by atoms with Gasteiger partial charge in [-0.15, -0.1) is 0 Å². The maximum Gasteiger partial charge on any atom is 0.232 e. The highest BCUT2D eigenvalue weighted by Gasteiger charge is 2.36. The molecule has 2 fully saturated rings. The van der Waals surface area contributed by atoms with E-state index in [1.807, 2.05) is 0 Å². The molecule has 18 heavy (non-hydrogen) atoms. The summed E-state index contributed by atoms with van der Waals surface area (Å²) in [4.78, 5) is 4.54. The molecule has 2 atom stereocenters. The zero-order valence-corrected chi connectivity index (χ0v) is 10.9. The van der Waals surface area contributed by atoms with Gasteiger partial charge < -0.3 is 15.0 Å². The molecular weight excluding hydrogens is 230 g/mol. The Hall–Kier alpha value is -0.940. The van der Waals surface area contributed by atoms with E-state index in [4.69, 9.17) is 15.0 Å². The third-order valence-electron chi connectivity index (χ3n) is 4.18. The Morgan fingerprint density at radius 1 is 1.28 bits per heavy atom. The molecule has 1 aliphatic heterocycles. The van der Waals surface area contributed by atoms with E-state index < -0.39 is 0 Å². The fraction of sp³-hybridized carbons (Fsp3) is 0.846. The molecule has 5 nitrogen and oxygen atoms in total. The van der Waals surface area contributed by atoms with E-state index in [9.17, 15) is 0 Å². The van der Waals surface area contributed by atoms with Crippen LogP contribution in [-0.2, 0) is 10.3 Å². The first kappa shape index (κ1) is 12.1. The van der Waals surface area contributed by atoms with Gasteiger partial charge in [0.2, 0.25) is 5.89 Å². The van der Waals surface area contributed by atoms with E-state index in [1.165, 1.54) is 6.42 Å². The molecule has 1 saturated carbocycles. The van der Waals surface area contributed by atoms with Crippen LogP contribution in [0.15, 0.2) is 4.52 Å². The number of aromatic nitrogens is 2. The van der Waals surface area contributed by atoms with Gasteiger partial charge in [-0.05, 0) is 26.2 Å². The van der Waals surface area contributed by atoms with Crippen molar-refractivity contribution >= 4 is 0 Å². The summed E-state index contributed by atoms with van der Waals surface area (Å²) in [6.45, 7) is 2.75. The Labute approximate surface area is 107 Å². The van der Waals surface area contributed by atoms with Gasteiger partial charge in [-0.2, -0.15) is 4.98 Å². The van der Waals surface area contributed by atoms with Crippen molar-refractivity contribution in [1.82, 2.24) is 10.1 Å². The molecule has 0 spiro atoms. The van der Waals surface area contributed by atoms with Gasteiger partial charge in [0, 0.05) is 0 Å². The van der Waals surface area contributed by atoms with E-state index in [0.29, 0.717) is 18.3 Å². The predicted molar refractivity (Wildman–Crippen MR) is 66.0 cm³/mol. The highest BCUT2D eigenvalue weighted by molar-refractivity contribution is 5.07.